The van der Waals surface area contributed by atoms with E-state index in [0.717, 1.165) is 22.0 Å². The van der Waals surface area contributed by atoms with Gasteiger partial charge in [-0.15, -0.1) is 0 Å². The van der Waals surface area contributed by atoms with Gasteiger partial charge in [0.1, 0.15) is 6.10 Å². The maximum Gasteiger partial charge on any atom is 0.104 e. The Morgan fingerprint density at radius 1 is 1.06 bits per heavy atom. The van der Waals surface area contributed by atoms with Crippen LogP contribution in [0.1, 0.15) is 29.7 Å². The SMILES string of the molecule is CCc1cccc(C(O)c2cccc(Br)c2)c1. The third-order valence-electron chi connectivity index (χ3n) is 2.84. The van der Waals surface area contributed by atoms with Gasteiger partial charge in [-0.25, -0.2) is 0 Å². The summed E-state index contributed by atoms with van der Waals surface area (Å²) in [6, 6.07) is 15.9. The Balaban J connectivity index is 2.33. The summed E-state index contributed by atoms with van der Waals surface area (Å²) in [6.07, 6.45) is 0.429. The van der Waals surface area contributed by atoms with Crippen LogP contribution in [0.4, 0.5) is 0 Å². The first-order chi connectivity index (χ1) is 8.20. The normalized spacial score (nSPS) is 12.4. The zero-order valence-corrected chi connectivity index (χ0v) is 11.3. The Kier molecular flexibility index (Phi) is 3.97. The zero-order chi connectivity index (χ0) is 12.3. The van der Waals surface area contributed by atoms with Gasteiger partial charge in [-0.05, 0) is 35.2 Å². The molecule has 0 heterocycles. The van der Waals surface area contributed by atoms with Crippen LogP contribution in [-0.2, 0) is 6.42 Å². The van der Waals surface area contributed by atoms with Crippen LogP contribution in [0.3, 0.4) is 0 Å². The Bertz CT molecular complexity index is 508. The lowest BCUT2D eigenvalue weighted by Crippen LogP contribution is -2.00. The first kappa shape index (κ1) is 12.3. The molecule has 2 rings (SSSR count). The average Bonchev–Trinajstić information content (AvgIpc) is 2.38. The smallest absolute Gasteiger partial charge is 0.104 e. The fourth-order valence-electron chi connectivity index (χ4n) is 1.85. The molecule has 0 amide bonds. The standard InChI is InChI=1S/C15H15BrO/c1-2-11-5-3-6-12(9-11)15(17)13-7-4-8-14(16)10-13/h3-10,15,17H,2H2,1H3. The van der Waals surface area contributed by atoms with Crippen LogP contribution >= 0.6 is 15.9 Å². The van der Waals surface area contributed by atoms with Crippen LogP contribution in [0.25, 0.3) is 0 Å². The molecule has 0 fully saturated rings. The lowest BCUT2D eigenvalue weighted by Gasteiger charge is -2.12. The zero-order valence-electron chi connectivity index (χ0n) is 9.73. The summed E-state index contributed by atoms with van der Waals surface area (Å²) in [4.78, 5) is 0. The van der Waals surface area contributed by atoms with E-state index in [1.54, 1.807) is 0 Å². The third-order valence-corrected chi connectivity index (χ3v) is 3.33. The topological polar surface area (TPSA) is 20.2 Å². The molecule has 0 radical (unpaired) electrons. The molecular weight excluding hydrogens is 276 g/mol. The van der Waals surface area contributed by atoms with Gasteiger partial charge in [0, 0.05) is 4.47 Å². The van der Waals surface area contributed by atoms with Crippen LogP contribution in [0.5, 0.6) is 0 Å². The van der Waals surface area contributed by atoms with E-state index < -0.39 is 6.10 Å². The molecule has 1 N–H and O–H groups in total. The fourth-order valence-corrected chi connectivity index (χ4v) is 2.27. The second kappa shape index (κ2) is 5.48. The molecular formula is C15H15BrO. The Morgan fingerprint density at radius 3 is 2.35 bits per heavy atom. The second-order valence-corrected chi connectivity index (χ2v) is 4.97. The molecule has 0 aromatic heterocycles. The van der Waals surface area contributed by atoms with Crippen LogP contribution in [0.2, 0.25) is 0 Å². The molecule has 2 heteroatoms. The molecule has 2 aromatic rings. The molecule has 2 aromatic carbocycles. The predicted octanol–water partition coefficient (Wildman–Crippen LogP) is 4.09. The molecule has 0 aliphatic carbocycles. The summed E-state index contributed by atoms with van der Waals surface area (Å²) in [5.41, 5.74) is 3.10. The molecule has 88 valence electrons. The van der Waals surface area contributed by atoms with Crippen molar-refractivity contribution in [3.63, 3.8) is 0 Å². The van der Waals surface area contributed by atoms with Gasteiger partial charge in [0.25, 0.3) is 0 Å². The van der Waals surface area contributed by atoms with Gasteiger partial charge in [0.05, 0.1) is 0 Å². The monoisotopic (exact) mass is 290 g/mol. The first-order valence-corrected chi connectivity index (χ1v) is 6.52. The van der Waals surface area contributed by atoms with Crippen LogP contribution in [0.15, 0.2) is 53.0 Å². The van der Waals surface area contributed by atoms with Crippen molar-refractivity contribution in [2.24, 2.45) is 0 Å². The average molecular weight is 291 g/mol. The number of hydrogen-bond acceptors (Lipinski definition) is 1. The first-order valence-electron chi connectivity index (χ1n) is 5.73. The maximum atomic E-state index is 10.3. The van der Waals surface area contributed by atoms with Crippen molar-refractivity contribution >= 4 is 15.9 Å². The van der Waals surface area contributed by atoms with Crippen molar-refractivity contribution < 1.29 is 5.11 Å². The van der Waals surface area contributed by atoms with Gasteiger partial charge in [-0.3, -0.25) is 0 Å². The summed E-state index contributed by atoms with van der Waals surface area (Å²) >= 11 is 3.42. The molecule has 17 heavy (non-hydrogen) atoms. The van der Waals surface area contributed by atoms with Crippen LogP contribution < -0.4 is 0 Å². The summed E-state index contributed by atoms with van der Waals surface area (Å²) in [5.74, 6) is 0. The van der Waals surface area contributed by atoms with Gasteiger partial charge in [0.2, 0.25) is 0 Å². The van der Waals surface area contributed by atoms with E-state index in [0.29, 0.717) is 0 Å². The van der Waals surface area contributed by atoms with Gasteiger partial charge >= 0.3 is 0 Å². The fraction of sp³-hybridized carbons (Fsp3) is 0.200. The number of benzene rings is 2. The minimum atomic E-state index is -0.556. The lowest BCUT2D eigenvalue weighted by atomic mass is 9.99. The number of aryl methyl sites for hydroxylation is 1. The van der Waals surface area contributed by atoms with Crippen molar-refractivity contribution in [1.29, 1.82) is 0 Å². The van der Waals surface area contributed by atoms with Crippen molar-refractivity contribution in [2.45, 2.75) is 19.4 Å². The van der Waals surface area contributed by atoms with E-state index in [-0.39, 0.29) is 0 Å². The molecule has 0 aliphatic heterocycles. The lowest BCUT2D eigenvalue weighted by molar-refractivity contribution is 0.220. The van der Waals surface area contributed by atoms with Crippen molar-refractivity contribution in [2.75, 3.05) is 0 Å². The summed E-state index contributed by atoms with van der Waals surface area (Å²) in [6.45, 7) is 2.12. The van der Waals surface area contributed by atoms with Crippen LogP contribution in [0, 0.1) is 0 Å². The van der Waals surface area contributed by atoms with E-state index in [4.69, 9.17) is 0 Å². The Labute approximate surface area is 110 Å². The molecule has 1 atom stereocenters. The Hall–Kier alpha value is -1.12. The highest BCUT2D eigenvalue weighted by molar-refractivity contribution is 9.10. The molecule has 1 nitrogen and oxygen atoms in total. The maximum absolute atomic E-state index is 10.3. The summed E-state index contributed by atoms with van der Waals surface area (Å²) in [7, 11) is 0. The molecule has 1 unspecified atom stereocenters. The molecule has 0 saturated carbocycles. The summed E-state index contributed by atoms with van der Waals surface area (Å²) in [5, 5.41) is 10.3. The van der Waals surface area contributed by atoms with E-state index in [2.05, 4.69) is 35.0 Å². The number of rotatable bonds is 3. The van der Waals surface area contributed by atoms with E-state index >= 15 is 0 Å². The van der Waals surface area contributed by atoms with Crippen molar-refractivity contribution in [3.8, 4) is 0 Å². The number of hydrogen-bond donors (Lipinski definition) is 1. The van der Waals surface area contributed by atoms with Crippen molar-refractivity contribution in [1.82, 2.24) is 0 Å². The number of halogens is 1. The highest BCUT2D eigenvalue weighted by Gasteiger charge is 2.10. The Morgan fingerprint density at radius 2 is 1.71 bits per heavy atom. The number of aliphatic hydroxyl groups excluding tert-OH is 1. The van der Waals surface area contributed by atoms with E-state index in [1.807, 2.05) is 36.4 Å². The largest absolute Gasteiger partial charge is 0.384 e. The highest BCUT2D eigenvalue weighted by atomic mass is 79.9. The van der Waals surface area contributed by atoms with Gasteiger partial charge in [-0.2, -0.15) is 0 Å². The molecule has 0 spiro atoms. The summed E-state index contributed by atoms with van der Waals surface area (Å²) < 4.78 is 0.987. The quantitative estimate of drug-likeness (QED) is 0.903. The van der Waals surface area contributed by atoms with E-state index in [9.17, 15) is 5.11 Å². The van der Waals surface area contributed by atoms with Crippen LogP contribution in [-0.4, -0.2) is 5.11 Å². The van der Waals surface area contributed by atoms with Gasteiger partial charge in [-0.1, -0.05) is 59.3 Å². The van der Waals surface area contributed by atoms with Crippen molar-refractivity contribution in [3.05, 3.63) is 69.7 Å². The molecule has 0 saturated heterocycles. The van der Waals surface area contributed by atoms with E-state index in [1.165, 1.54) is 5.56 Å². The van der Waals surface area contributed by atoms with Gasteiger partial charge < -0.3 is 5.11 Å². The molecule has 0 bridgehead atoms. The number of aliphatic hydroxyl groups is 1. The van der Waals surface area contributed by atoms with Gasteiger partial charge in [0.15, 0.2) is 0 Å². The second-order valence-electron chi connectivity index (χ2n) is 4.06. The minimum absolute atomic E-state index is 0.556. The highest BCUT2D eigenvalue weighted by Crippen LogP contribution is 2.25. The molecule has 0 aliphatic rings. The minimum Gasteiger partial charge on any atom is -0.384 e. The predicted molar refractivity (Wildman–Crippen MR) is 74.0 cm³/mol. The third kappa shape index (κ3) is 2.96.